The summed E-state index contributed by atoms with van der Waals surface area (Å²) in [6.07, 6.45) is 2.46. The Morgan fingerprint density at radius 2 is 1.81 bits per heavy atom. The lowest BCUT2D eigenvalue weighted by Gasteiger charge is -2.25. The summed E-state index contributed by atoms with van der Waals surface area (Å²) in [5.41, 5.74) is 8.86. The lowest BCUT2D eigenvalue weighted by Crippen LogP contribution is -2.35. The summed E-state index contributed by atoms with van der Waals surface area (Å²) >= 11 is 0. The molecule has 2 nitrogen and oxygen atoms in total. The third-order valence-corrected chi connectivity index (χ3v) is 3.73. The minimum Gasteiger partial charge on any atom is -0.321 e. The lowest BCUT2D eigenvalue weighted by atomic mass is 9.87. The van der Waals surface area contributed by atoms with Gasteiger partial charge in [-0.1, -0.05) is 30.3 Å². The van der Waals surface area contributed by atoms with Gasteiger partial charge in [-0.3, -0.25) is 4.98 Å². The Labute approximate surface area is 123 Å². The average molecular weight is 280 g/mol. The van der Waals surface area contributed by atoms with Crippen molar-refractivity contribution < 1.29 is 4.39 Å². The molecule has 0 saturated heterocycles. The Hall–Kier alpha value is -2.26. The van der Waals surface area contributed by atoms with Gasteiger partial charge in [0, 0.05) is 17.1 Å². The summed E-state index contributed by atoms with van der Waals surface area (Å²) in [4.78, 5) is 4.46. The molecule has 0 saturated carbocycles. The van der Waals surface area contributed by atoms with Crippen LogP contribution in [0.2, 0.25) is 0 Å². The van der Waals surface area contributed by atoms with E-state index in [0.717, 1.165) is 22.0 Å². The number of aromatic nitrogens is 1. The number of hydrogen-bond donors (Lipinski definition) is 1. The number of halogens is 1. The fourth-order valence-electron chi connectivity index (χ4n) is 2.51. The number of nitrogens with two attached hydrogens (primary N) is 1. The summed E-state index contributed by atoms with van der Waals surface area (Å²) in [6, 6.07) is 16.5. The summed E-state index contributed by atoms with van der Waals surface area (Å²) in [5.74, 6) is -0.232. The van der Waals surface area contributed by atoms with Gasteiger partial charge in [-0.05, 0) is 48.7 Å². The van der Waals surface area contributed by atoms with E-state index in [0.29, 0.717) is 6.42 Å². The molecule has 0 aliphatic heterocycles. The first-order valence-electron chi connectivity index (χ1n) is 6.93. The zero-order chi connectivity index (χ0) is 14.9. The maximum absolute atomic E-state index is 13.0. The number of benzene rings is 2. The fourth-order valence-corrected chi connectivity index (χ4v) is 2.51. The van der Waals surface area contributed by atoms with Gasteiger partial charge in [-0.15, -0.1) is 0 Å². The Bertz CT molecular complexity index is 764. The van der Waals surface area contributed by atoms with Gasteiger partial charge in [0.25, 0.3) is 0 Å². The molecule has 0 bridgehead atoms. The van der Waals surface area contributed by atoms with E-state index >= 15 is 0 Å². The quantitative estimate of drug-likeness (QED) is 0.792. The lowest BCUT2D eigenvalue weighted by molar-refractivity contribution is 0.490. The molecule has 2 aromatic carbocycles. The number of fused-ring (bicyclic) bond motifs is 1. The first-order valence-corrected chi connectivity index (χ1v) is 6.93. The minimum absolute atomic E-state index is 0.232. The molecule has 2 N–H and O–H groups in total. The minimum atomic E-state index is -0.547. The van der Waals surface area contributed by atoms with Crippen molar-refractivity contribution in [3.63, 3.8) is 0 Å². The second-order valence-electron chi connectivity index (χ2n) is 5.64. The molecule has 0 spiro atoms. The van der Waals surface area contributed by atoms with Crippen LogP contribution >= 0.6 is 0 Å². The van der Waals surface area contributed by atoms with Crippen LogP contribution in [-0.4, -0.2) is 4.98 Å². The van der Waals surface area contributed by atoms with Crippen molar-refractivity contribution >= 4 is 10.9 Å². The monoisotopic (exact) mass is 280 g/mol. The number of pyridine rings is 1. The largest absolute Gasteiger partial charge is 0.321 e. The Morgan fingerprint density at radius 1 is 1.10 bits per heavy atom. The zero-order valence-electron chi connectivity index (χ0n) is 11.9. The van der Waals surface area contributed by atoms with E-state index in [1.165, 1.54) is 12.1 Å². The molecule has 1 aromatic heterocycles. The van der Waals surface area contributed by atoms with Crippen LogP contribution in [0.1, 0.15) is 18.1 Å². The van der Waals surface area contributed by atoms with Crippen molar-refractivity contribution in [2.45, 2.75) is 18.9 Å². The van der Waals surface area contributed by atoms with Gasteiger partial charge in [0.15, 0.2) is 0 Å². The highest BCUT2D eigenvalue weighted by Gasteiger charge is 2.22. The molecule has 0 amide bonds. The van der Waals surface area contributed by atoms with Crippen LogP contribution in [0.15, 0.2) is 60.8 Å². The zero-order valence-corrected chi connectivity index (χ0v) is 11.9. The first-order chi connectivity index (χ1) is 10.0. The van der Waals surface area contributed by atoms with Crippen molar-refractivity contribution in [2.75, 3.05) is 0 Å². The van der Waals surface area contributed by atoms with Crippen molar-refractivity contribution in [1.29, 1.82) is 0 Å². The van der Waals surface area contributed by atoms with Crippen LogP contribution in [0.4, 0.5) is 4.39 Å². The molecule has 3 aromatic rings. The highest BCUT2D eigenvalue weighted by Crippen LogP contribution is 2.25. The SMILES string of the molecule is CC(N)(Cc1ccc(F)cc1)c1cnc2ccccc2c1. The molecule has 1 unspecified atom stereocenters. The van der Waals surface area contributed by atoms with Crippen molar-refractivity contribution in [3.05, 3.63) is 77.7 Å². The van der Waals surface area contributed by atoms with Crippen LogP contribution in [0.3, 0.4) is 0 Å². The van der Waals surface area contributed by atoms with E-state index in [1.807, 2.05) is 37.4 Å². The molecule has 1 atom stereocenters. The molecule has 0 radical (unpaired) electrons. The average Bonchev–Trinajstić information content (AvgIpc) is 2.49. The van der Waals surface area contributed by atoms with Crippen LogP contribution < -0.4 is 5.73 Å². The number of hydrogen-bond acceptors (Lipinski definition) is 2. The molecule has 3 rings (SSSR count). The Kier molecular flexibility index (Phi) is 3.43. The summed E-state index contributed by atoms with van der Waals surface area (Å²) < 4.78 is 13.0. The number of para-hydroxylation sites is 1. The van der Waals surface area contributed by atoms with Gasteiger partial charge >= 0.3 is 0 Å². The van der Waals surface area contributed by atoms with Crippen molar-refractivity contribution in [1.82, 2.24) is 4.98 Å². The number of nitrogens with zero attached hydrogens (tertiary/aromatic N) is 1. The highest BCUT2D eigenvalue weighted by molar-refractivity contribution is 5.79. The Morgan fingerprint density at radius 3 is 2.57 bits per heavy atom. The highest BCUT2D eigenvalue weighted by atomic mass is 19.1. The van der Waals surface area contributed by atoms with Crippen LogP contribution in [0.25, 0.3) is 10.9 Å². The molecular formula is C18H17FN2. The summed E-state index contributed by atoms with van der Waals surface area (Å²) in [5, 5.41) is 1.07. The molecule has 0 aliphatic carbocycles. The smallest absolute Gasteiger partial charge is 0.123 e. The van der Waals surface area contributed by atoms with Crippen LogP contribution in [-0.2, 0) is 12.0 Å². The molecule has 1 heterocycles. The molecule has 3 heteroatoms. The maximum Gasteiger partial charge on any atom is 0.123 e. The number of rotatable bonds is 3. The molecule has 21 heavy (non-hydrogen) atoms. The first kappa shape index (κ1) is 13.7. The van der Waals surface area contributed by atoms with Gasteiger partial charge in [-0.2, -0.15) is 0 Å². The fraction of sp³-hybridized carbons (Fsp3) is 0.167. The van der Waals surface area contributed by atoms with Gasteiger partial charge in [-0.25, -0.2) is 4.39 Å². The van der Waals surface area contributed by atoms with Gasteiger partial charge in [0.2, 0.25) is 0 Å². The topological polar surface area (TPSA) is 38.9 Å². The third kappa shape index (κ3) is 2.93. The molecular weight excluding hydrogens is 263 g/mol. The van der Waals surface area contributed by atoms with E-state index < -0.39 is 5.54 Å². The van der Waals surface area contributed by atoms with Gasteiger partial charge in [0.1, 0.15) is 5.82 Å². The van der Waals surface area contributed by atoms with Crippen molar-refractivity contribution in [2.24, 2.45) is 5.73 Å². The predicted molar refractivity (Wildman–Crippen MR) is 83.4 cm³/mol. The van der Waals surface area contributed by atoms with E-state index in [4.69, 9.17) is 5.73 Å². The van der Waals surface area contributed by atoms with E-state index in [-0.39, 0.29) is 5.82 Å². The molecule has 106 valence electrons. The molecule has 0 fully saturated rings. The van der Waals surface area contributed by atoms with Crippen LogP contribution in [0.5, 0.6) is 0 Å². The van der Waals surface area contributed by atoms with Gasteiger partial charge in [0.05, 0.1) is 5.52 Å². The van der Waals surface area contributed by atoms with E-state index in [9.17, 15) is 4.39 Å². The van der Waals surface area contributed by atoms with E-state index in [2.05, 4.69) is 11.1 Å². The second kappa shape index (κ2) is 5.26. The second-order valence-corrected chi connectivity index (χ2v) is 5.64. The van der Waals surface area contributed by atoms with E-state index in [1.54, 1.807) is 12.1 Å². The van der Waals surface area contributed by atoms with Crippen molar-refractivity contribution in [3.8, 4) is 0 Å². The maximum atomic E-state index is 13.0. The predicted octanol–water partition coefficient (Wildman–Crippen LogP) is 3.79. The van der Waals surface area contributed by atoms with Gasteiger partial charge < -0.3 is 5.73 Å². The molecule has 0 aliphatic rings. The normalized spacial score (nSPS) is 14.0. The third-order valence-electron chi connectivity index (χ3n) is 3.73. The Balaban J connectivity index is 1.93. The van der Waals surface area contributed by atoms with Crippen LogP contribution in [0, 0.1) is 5.82 Å². The summed E-state index contributed by atoms with van der Waals surface area (Å²) in [7, 11) is 0. The standard InChI is InChI=1S/C18H17FN2/c1-18(20,11-13-6-8-16(19)9-7-13)15-10-14-4-2-3-5-17(14)21-12-15/h2-10,12H,11,20H2,1H3. The summed E-state index contributed by atoms with van der Waals surface area (Å²) in [6.45, 7) is 1.97.